The number of carbonyl (C=O) groups excluding carboxylic acids is 1. The van der Waals surface area contributed by atoms with Gasteiger partial charge in [0.2, 0.25) is 0 Å². The van der Waals surface area contributed by atoms with Crippen LogP contribution in [0, 0.1) is 12.7 Å². The first-order chi connectivity index (χ1) is 13.5. The minimum atomic E-state index is -0.317. The van der Waals surface area contributed by atoms with Crippen molar-refractivity contribution in [3.8, 4) is 0 Å². The summed E-state index contributed by atoms with van der Waals surface area (Å²) in [4.78, 5) is 21.9. The molecule has 2 aromatic heterocycles. The summed E-state index contributed by atoms with van der Waals surface area (Å²) in [7, 11) is 1.68. The molecule has 1 amide bonds. The van der Waals surface area contributed by atoms with E-state index in [9.17, 15) is 9.18 Å². The number of halogens is 1. The van der Waals surface area contributed by atoms with E-state index < -0.39 is 0 Å². The molecule has 4 aromatic rings. The number of benzene rings is 2. The standard InChI is InChI=1S/C20H19FN6O/c1-13-7-8-16-17(9-13)23-19(22-16)12-26(2)20(28)18-11-27(25-24-18)10-14-5-3-4-6-15(14)21/h3-9,11H,10,12H2,1-2H3,(H,22,23). The number of hydrogen-bond donors (Lipinski definition) is 1. The Morgan fingerprint density at radius 2 is 2.07 bits per heavy atom. The third-order valence-electron chi connectivity index (χ3n) is 4.47. The van der Waals surface area contributed by atoms with E-state index in [4.69, 9.17) is 0 Å². The average Bonchev–Trinajstić information content (AvgIpc) is 3.29. The molecule has 0 aliphatic heterocycles. The number of nitrogens with zero attached hydrogens (tertiary/aromatic N) is 5. The minimum absolute atomic E-state index is 0.200. The molecule has 4 rings (SSSR count). The molecule has 0 saturated heterocycles. The molecule has 0 unspecified atom stereocenters. The van der Waals surface area contributed by atoms with Gasteiger partial charge in [-0.3, -0.25) is 4.79 Å². The van der Waals surface area contributed by atoms with Crippen molar-refractivity contribution >= 4 is 16.9 Å². The number of aromatic nitrogens is 5. The second kappa shape index (κ2) is 7.22. The summed E-state index contributed by atoms with van der Waals surface area (Å²) in [5.74, 6) is 0.0923. The van der Waals surface area contributed by atoms with Gasteiger partial charge in [0.1, 0.15) is 11.6 Å². The third kappa shape index (κ3) is 3.62. The first-order valence-electron chi connectivity index (χ1n) is 8.84. The molecule has 0 radical (unpaired) electrons. The number of imidazole rings is 1. The molecule has 1 N–H and O–H groups in total. The number of fused-ring (bicyclic) bond motifs is 1. The van der Waals surface area contributed by atoms with Crippen LogP contribution in [0.25, 0.3) is 11.0 Å². The molecule has 0 bridgehead atoms. The van der Waals surface area contributed by atoms with Crippen molar-refractivity contribution in [3.05, 3.63) is 77.1 Å². The van der Waals surface area contributed by atoms with Crippen molar-refractivity contribution in [2.75, 3.05) is 7.05 Å². The lowest BCUT2D eigenvalue weighted by atomic mass is 10.2. The van der Waals surface area contributed by atoms with Gasteiger partial charge in [0.05, 0.1) is 30.3 Å². The smallest absolute Gasteiger partial charge is 0.276 e. The lowest BCUT2D eigenvalue weighted by Crippen LogP contribution is -2.27. The first-order valence-corrected chi connectivity index (χ1v) is 8.84. The summed E-state index contributed by atoms with van der Waals surface area (Å²) in [6.07, 6.45) is 1.52. The van der Waals surface area contributed by atoms with E-state index in [0.717, 1.165) is 16.6 Å². The van der Waals surface area contributed by atoms with Crippen LogP contribution in [0.4, 0.5) is 4.39 Å². The Kier molecular flexibility index (Phi) is 4.60. The molecule has 0 aliphatic rings. The average molecular weight is 378 g/mol. The van der Waals surface area contributed by atoms with Crippen LogP contribution in [0.5, 0.6) is 0 Å². The topological polar surface area (TPSA) is 79.7 Å². The van der Waals surface area contributed by atoms with Crippen LogP contribution in [0.1, 0.15) is 27.4 Å². The van der Waals surface area contributed by atoms with Crippen LogP contribution < -0.4 is 0 Å². The van der Waals surface area contributed by atoms with Crippen molar-refractivity contribution in [1.82, 2.24) is 29.9 Å². The van der Waals surface area contributed by atoms with Gasteiger partial charge in [-0.05, 0) is 30.7 Å². The third-order valence-corrected chi connectivity index (χ3v) is 4.47. The number of H-pyrrole nitrogens is 1. The zero-order valence-corrected chi connectivity index (χ0v) is 15.6. The van der Waals surface area contributed by atoms with E-state index in [1.807, 2.05) is 25.1 Å². The number of nitrogens with one attached hydrogen (secondary N) is 1. The Balaban J connectivity index is 1.46. The van der Waals surface area contributed by atoms with Crippen LogP contribution in [-0.4, -0.2) is 42.8 Å². The zero-order chi connectivity index (χ0) is 19.7. The van der Waals surface area contributed by atoms with E-state index in [2.05, 4.69) is 20.3 Å². The maximum atomic E-state index is 13.8. The molecular weight excluding hydrogens is 359 g/mol. The van der Waals surface area contributed by atoms with Gasteiger partial charge in [-0.1, -0.05) is 29.5 Å². The second-order valence-electron chi connectivity index (χ2n) is 6.76. The number of hydrogen-bond acceptors (Lipinski definition) is 4. The molecule has 0 spiro atoms. The highest BCUT2D eigenvalue weighted by molar-refractivity contribution is 5.91. The summed E-state index contributed by atoms with van der Waals surface area (Å²) in [5.41, 5.74) is 3.62. The van der Waals surface area contributed by atoms with Gasteiger partial charge in [-0.15, -0.1) is 5.10 Å². The molecule has 28 heavy (non-hydrogen) atoms. The van der Waals surface area contributed by atoms with E-state index in [1.165, 1.54) is 21.8 Å². The van der Waals surface area contributed by atoms with Crippen LogP contribution in [0.15, 0.2) is 48.7 Å². The van der Waals surface area contributed by atoms with Crippen LogP contribution in [0.3, 0.4) is 0 Å². The second-order valence-corrected chi connectivity index (χ2v) is 6.76. The highest BCUT2D eigenvalue weighted by Crippen LogP contribution is 2.15. The molecule has 142 valence electrons. The Morgan fingerprint density at radius 1 is 1.25 bits per heavy atom. The van der Waals surface area contributed by atoms with Gasteiger partial charge in [-0.25, -0.2) is 14.1 Å². The summed E-state index contributed by atoms with van der Waals surface area (Å²) >= 11 is 0. The Bertz CT molecular complexity index is 1150. The normalized spacial score (nSPS) is 11.1. The fraction of sp³-hybridized carbons (Fsp3) is 0.200. The number of aromatic amines is 1. The van der Waals surface area contributed by atoms with Crippen molar-refractivity contribution in [1.29, 1.82) is 0 Å². The number of aryl methyl sites for hydroxylation is 1. The summed E-state index contributed by atoms with van der Waals surface area (Å²) < 4.78 is 15.2. The summed E-state index contributed by atoms with van der Waals surface area (Å²) in [6.45, 7) is 2.53. The van der Waals surface area contributed by atoms with E-state index in [1.54, 1.807) is 25.2 Å². The first kappa shape index (κ1) is 17.8. The molecule has 0 saturated carbocycles. The summed E-state index contributed by atoms with van der Waals surface area (Å²) in [6, 6.07) is 12.4. The van der Waals surface area contributed by atoms with Gasteiger partial charge in [0, 0.05) is 12.6 Å². The maximum absolute atomic E-state index is 13.8. The maximum Gasteiger partial charge on any atom is 0.276 e. The van der Waals surface area contributed by atoms with Gasteiger partial charge >= 0.3 is 0 Å². The molecule has 8 heteroatoms. The Hall–Kier alpha value is -3.55. The van der Waals surface area contributed by atoms with Gasteiger partial charge in [0.15, 0.2) is 5.69 Å². The molecule has 2 heterocycles. The van der Waals surface area contributed by atoms with E-state index in [0.29, 0.717) is 17.9 Å². The predicted molar refractivity (Wildman–Crippen MR) is 102 cm³/mol. The Morgan fingerprint density at radius 3 is 2.89 bits per heavy atom. The number of amides is 1. The lowest BCUT2D eigenvalue weighted by Gasteiger charge is -2.13. The van der Waals surface area contributed by atoms with Gasteiger partial charge in [0.25, 0.3) is 5.91 Å². The summed E-state index contributed by atoms with van der Waals surface area (Å²) in [5, 5.41) is 7.86. The highest BCUT2D eigenvalue weighted by Gasteiger charge is 2.18. The quantitative estimate of drug-likeness (QED) is 0.579. The largest absolute Gasteiger partial charge is 0.340 e. The van der Waals surface area contributed by atoms with Crippen LogP contribution in [0.2, 0.25) is 0 Å². The highest BCUT2D eigenvalue weighted by atomic mass is 19.1. The van der Waals surface area contributed by atoms with Crippen molar-refractivity contribution in [3.63, 3.8) is 0 Å². The van der Waals surface area contributed by atoms with Crippen LogP contribution in [-0.2, 0) is 13.1 Å². The monoisotopic (exact) mass is 378 g/mol. The van der Waals surface area contributed by atoms with E-state index >= 15 is 0 Å². The number of rotatable bonds is 5. The van der Waals surface area contributed by atoms with Crippen LogP contribution >= 0.6 is 0 Å². The van der Waals surface area contributed by atoms with Crippen molar-refractivity contribution < 1.29 is 9.18 Å². The molecule has 2 aromatic carbocycles. The minimum Gasteiger partial charge on any atom is -0.340 e. The Labute approximate surface area is 160 Å². The fourth-order valence-electron chi connectivity index (χ4n) is 3.02. The molecule has 0 fully saturated rings. The molecule has 7 nitrogen and oxygen atoms in total. The van der Waals surface area contributed by atoms with Gasteiger partial charge < -0.3 is 9.88 Å². The van der Waals surface area contributed by atoms with Crippen molar-refractivity contribution in [2.45, 2.75) is 20.0 Å². The number of carbonyl (C=O) groups is 1. The fourth-order valence-corrected chi connectivity index (χ4v) is 3.02. The molecule has 0 aliphatic carbocycles. The van der Waals surface area contributed by atoms with E-state index in [-0.39, 0.29) is 24.0 Å². The SMILES string of the molecule is Cc1ccc2nc(CN(C)C(=O)c3cn(Cc4ccccc4F)nn3)[nH]c2c1. The lowest BCUT2D eigenvalue weighted by molar-refractivity contribution is 0.0776. The van der Waals surface area contributed by atoms with Crippen molar-refractivity contribution in [2.24, 2.45) is 0 Å². The predicted octanol–water partition coefficient (Wildman–Crippen LogP) is 2.92. The zero-order valence-electron chi connectivity index (χ0n) is 15.6. The van der Waals surface area contributed by atoms with Gasteiger partial charge in [-0.2, -0.15) is 0 Å². The molecular formula is C20H19FN6O. The molecule has 0 atom stereocenters.